The van der Waals surface area contributed by atoms with Gasteiger partial charge in [0.1, 0.15) is 6.04 Å². The molecular formula is C20H16F3N5O3. The number of halogens is 3. The third-order valence-electron chi connectivity index (χ3n) is 4.23. The summed E-state index contributed by atoms with van der Waals surface area (Å²) in [7, 11) is 0. The fourth-order valence-electron chi connectivity index (χ4n) is 2.61. The predicted molar refractivity (Wildman–Crippen MR) is 102 cm³/mol. The summed E-state index contributed by atoms with van der Waals surface area (Å²) < 4.78 is 39.5. The van der Waals surface area contributed by atoms with Crippen molar-refractivity contribution in [1.29, 1.82) is 10.5 Å². The zero-order valence-electron chi connectivity index (χ0n) is 16.0. The van der Waals surface area contributed by atoms with Gasteiger partial charge in [0.05, 0.1) is 34.9 Å². The first kappa shape index (κ1) is 23.3. The van der Waals surface area contributed by atoms with Crippen LogP contribution in [0.1, 0.15) is 34.0 Å². The first-order valence-electron chi connectivity index (χ1n) is 8.68. The lowest BCUT2D eigenvalue weighted by molar-refractivity contribution is -0.137. The van der Waals surface area contributed by atoms with Crippen molar-refractivity contribution < 1.29 is 27.9 Å². The number of aliphatic hydroxyl groups is 1. The van der Waals surface area contributed by atoms with Gasteiger partial charge in [0.15, 0.2) is 0 Å². The minimum absolute atomic E-state index is 0.0167. The van der Waals surface area contributed by atoms with Gasteiger partial charge in [-0.25, -0.2) is 10.9 Å². The van der Waals surface area contributed by atoms with Gasteiger partial charge < -0.3 is 10.4 Å². The minimum Gasteiger partial charge on any atom is -0.391 e. The number of rotatable bonds is 5. The van der Waals surface area contributed by atoms with E-state index in [9.17, 15) is 27.9 Å². The molecule has 2 amide bonds. The van der Waals surface area contributed by atoms with E-state index >= 15 is 0 Å². The van der Waals surface area contributed by atoms with Crippen molar-refractivity contribution in [2.75, 3.05) is 5.32 Å². The zero-order chi connectivity index (χ0) is 23.3. The van der Waals surface area contributed by atoms with Crippen molar-refractivity contribution in [2.24, 2.45) is 5.84 Å². The molecule has 0 aliphatic heterocycles. The topological polar surface area (TPSA) is 143 Å². The average Bonchev–Trinajstić information content (AvgIpc) is 2.75. The number of hydrogen-bond donors (Lipinski definition) is 3. The Hall–Kier alpha value is -3.93. The number of nitriles is 2. The van der Waals surface area contributed by atoms with Crippen molar-refractivity contribution in [3.63, 3.8) is 0 Å². The van der Waals surface area contributed by atoms with Gasteiger partial charge in [-0.3, -0.25) is 9.59 Å². The van der Waals surface area contributed by atoms with E-state index < -0.39 is 41.3 Å². The molecule has 0 unspecified atom stereocenters. The van der Waals surface area contributed by atoms with E-state index in [1.165, 1.54) is 37.3 Å². The Bertz CT molecular complexity index is 1070. The quantitative estimate of drug-likeness (QED) is 0.374. The Labute approximate surface area is 174 Å². The van der Waals surface area contributed by atoms with Crippen LogP contribution in [0.5, 0.6) is 0 Å². The van der Waals surface area contributed by atoms with Gasteiger partial charge >= 0.3 is 6.18 Å². The van der Waals surface area contributed by atoms with E-state index in [4.69, 9.17) is 16.4 Å². The van der Waals surface area contributed by atoms with Crippen LogP contribution in [0.2, 0.25) is 0 Å². The summed E-state index contributed by atoms with van der Waals surface area (Å²) in [5.74, 6) is 3.54. The molecule has 0 aliphatic carbocycles. The van der Waals surface area contributed by atoms with Crippen molar-refractivity contribution in [3.8, 4) is 12.1 Å². The summed E-state index contributed by atoms with van der Waals surface area (Å²) >= 11 is 0. The molecule has 4 N–H and O–H groups in total. The number of hydrazine groups is 1. The number of aliphatic hydroxyl groups excluding tert-OH is 1. The average molecular weight is 431 g/mol. The fraction of sp³-hybridized carbons (Fsp3) is 0.200. The number of nitrogens with one attached hydrogen (secondary N) is 1. The predicted octanol–water partition coefficient (Wildman–Crippen LogP) is 2.15. The van der Waals surface area contributed by atoms with Gasteiger partial charge in [-0.2, -0.15) is 23.7 Å². The number of hydrogen-bond acceptors (Lipinski definition) is 7. The highest BCUT2D eigenvalue weighted by molar-refractivity contribution is 6.06. The highest BCUT2D eigenvalue weighted by Crippen LogP contribution is 2.33. The molecule has 2 atom stereocenters. The van der Waals surface area contributed by atoms with Crippen LogP contribution < -0.4 is 11.2 Å². The molecule has 2 aromatic rings. The maximum Gasteiger partial charge on any atom is 0.417 e. The number of nitrogens with two attached hydrogens (primary N) is 1. The Morgan fingerprint density at radius 3 is 2.23 bits per heavy atom. The van der Waals surface area contributed by atoms with Crippen molar-refractivity contribution in [2.45, 2.75) is 25.2 Å². The minimum atomic E-state index is -4.82. The second-order valence-corrected chi connectivity index (χ2v) is 6.44. The lowest BCUT2D eigenvalue weighted by Gasteiger charge is -2.26. The van der Waals surface area contributed by atoms with E-state index in [-0.39, 0.29) is 21.8 Å². The van der Waals surface area contributed by atoms with Gasteiger partial charge in [-0.05, 0) is 49.4 Å². The van der Waals surface area contributed by atoms with Crippen LogP contribution in [0, 0.1) is 22.7 Å². The molecule has 0 bridgehead atoms. The van der Waals surface area contributed by atoms with Crippen molar-refractivity contribution in [1.82, 2.24) is 5.01 Å². The van der Waals surface area contributed by atoms with Gasteiger partial charge in [-0.1, -0.05) is 0 Å². The van der Waals surface area contributed by atoms with E-state index in [2.05, 4.69) is 5.32 Å². The molecule has 0 spiro atoms. The normalized spacial score (nSPS) is 12.8. The summed E-state index contributed by atoms with van der Waals surface area (Å²) in [5, 5.41) is 30.3. The fourth-order valence-corrected chi connectivity index (χ4v) is 2.61. The Morgan fingerprint density at radius 2 is 1.74 bits per heavy atom. The van der Waals surface area contributed by atoms with Crippen LogP contribution in [-0.4, -0.2) is 34.1 Å². The summed E-state index contributed by atoms with van der Waals surface area (Å²) in [6.07, 6.45) is -6.27. The summed E-state index contributed by atoms with van der Waals surface area (Å²) in [4.78, 5) is 25.1. The van der Waals surface area contributed by atoms with Crippen LogP contribution in [0.15, 0.2) is 42.5 Å². The van der Waals surface area contributed by atoms with Crippen molar-refractivity contribution >= 4 is 17.5 Å². The Balaban J connectivity index is 2.29. The first-order valence-corrected chi connectivity index (χ1v) is 8.68. The number of benzene rings is 2. The van der Waals surface area contributed by atoms with Crippen LogP contribution in [-0.2, 0) is 11.0 Å². The smallest absolute Gasteiger partial charge is 0.391 e. The van der Waals surface area contributed by atoms with Crippen LogP contribution in [0.25, 0.3) is 0 Å². The highest BCUT2D eigenvalue weighted by atomic mass is 19.4. The SMILES string of the molecule is C[C@H](O)[C@@H](Nc1ccc(C#N)c(C(F)(F)F)c1)C(=O)N(N)C(=O)c1ccc(C#N)cc1. The maximum atomic E-state index is 13.2. The Morgan fingerprint density at radius 1 is 1.13 bits per heavy atom. The lowest BCUT2D eigenvalue weighted by atomic mass is 10.1. The van der Waals surface area contributed by atoms with Crippen LogP contribution in [0.4, 0.5) is 18.9 Å². The molecule has 2 rings (SSSR count). The van der Waals surface area contributed by atoms with Crippen molar-refractivity contribution in [3.05, 3.63) is 64.7 Å². The zero-order valence-corrected chi connectivity index (χ0v) is 16.0. The number of alkyl halides is 3. The molecule has 0 saturated carbocycles. The number of amides is 2. The lowest BCUT2D eigenvalue weighted by Crippen LogP contribution is -2.53. The molecule has 160 valence electrons. The molecular weight excluding hydrogens is 415 g/mol. The molecule has 0 heterocycles. The van der Waals surface area contributed by atoms with Gasteiger partial charge in [0.2, 0.25) is 0 Å². The summed E-state index contributed by atoms with van der Waals surface area (Å²) in [6, 6.07) is 9.60. The standard InChI is InChI=1S/C20H16F3N5O3/c1-11(29)17(27-15-7-6-14(10-25)16(8-15)20(21,22)23)19(31)28(26)18(30)13-4-2-12(9-24)3-5-13/h2-8,11,17,27,29H,26H2,1H3/t11-,17+/m0/s1. The number of carbonyl (C=O) groups excluding carboxylic acids is 2. The third kappa shape index (κ3) is 5.36. The van der Waals surface area contributed by atoms with Gasteiger partial charge in [0.25, 0.3) is 11.8 Å². The van der Waals surface area contributed by atoms with E-state index in [1.807, 2.05) is 6.07 Å². The van der Waals surface area contributed by atoms with E-state index in [1.54, 1.807) is 0 Å². The summed E-state index contributed by atoms with van der Waals surface area (Å²) in [6.45, 7) is 1.18. The molecule has 0 fully saturated rings. The van der Waals surface area contributed by atoms with Crippen LogP contribution >= 0.6 is 0 Å². The number of imide groups is 1. The number of anilines is 1. The van der Waals surface area contributed by atoms with E-state index in [0.29, 0.717) is 6.07 Å². The van der Waals surface area contributed by atoms with Crippen LogP contribution in [0.3, 0.4) is 0 Å². The molecule has 31 heavy (non-hydrogen) atoms. The summed E-state index contributed by atoms with van der Waals surface area (Å²) in [5.41, 5.74) is -1.80. The molecule has 0 aliphatic rings. The molecule has 0 aromatic heterocycles. The number of carbonyl (C=O) groups is 2. The third-order valence-corrected chi connectivity index (χ3v) is 4.23. The molecule has 11 heteroatoms. The van der Waals surface area contributed by atoms with Gasteiger partial charge in [-0.15, -0.1) is 0 Å². The first-order chi connectivity index (χ1) is 14.5. The van der Waals surface area contributed by atoms with Gasteiger partial charge in [0, 0.05) is 11.3 Å². The molecule has 2 aromatic carbocycles. The molecule has 0 radical (unpaired) electrons. The second kappa shape index (κ2) is 9.26. The largest absolute Gasteiger partial charge is 0.417 e. The van der Waals surface area contributed by atoms with E-state index in [0.717, 1.165) is 12.1 Å². The highest BCUT2D eigenvalue weighted by Gasteiger charge is 2.35. The molecule has 0 saturated heterocycles. The number of nitrogens with zero attached hydrogens (tertiary/aromatic N) is 3. The maximum absolute atomic E-state index is 13.2. The monoisotopic (exact) mass is 431 g/mol. The molecule has 8 nitrogen and oxygen atoms in total. The second-order valence-electron chi connectivity index (χ2n) is 6.44. The Kier molecular flexibility index (Phi) is 6.97.